The fourth-order valence-electron chi connectivity index (χ4n) is 14.6. The van der Waals surface area contributed by atoms with E-state index in [-0.39, 0.29) is 52.9 Å². The number of hydrogen-bond donors (Lipinski definition) is 2. The summed E-state index contributed by atoms with van der Waals surface area (Å²) in [6, 6.07) is 103. The fourth-order valence-corrected chi connectivity index (χ4v) is 19.1. The van der Waals surface area contributed by atoms with Gasteiger partial charge < -0.3 is 38.6 Å². The molecular formula is C92H66O8S4. The summed E-state index contributed by atoms with van der Waals surface area (Å²) in [7, 11) is 0. The van der Waals surface area contributed by atoms with Crippen molar-refractivity contribution < 1.29 is 38.6 Å². The molecule has 0 atom stereocenters. The zero-order valence-electron chi connectivity index (χ0n) is 56.3. The molecule has 0 bridgehead atoms. The molecule has 0 saturated heterocycles. The molecule has 0 spiro atoms. The van der Waals surface area contributed by atoms with Gasteiger partial charge in [-0.25, -0.2) is 0 Å². The molecular weight excluding hydrogens is 1360 g/mol. The van der Waals surface area contributed by atoms with E-state index in [4.69, 9.17) is 28.4 Å². The van der Waals surface area contributed by atoms with E-state index in [0.717, 1.165) is 120 Å². The highest BCUT2D eigenvalue weighted by atomic mass is 32.2. The first-order chi connectivity index (χ1) is 51.5. The van der Waals surface area contributed by atoms with Crippen LogP contribution in [0.3, 0.4) is 0 Å². The van der Waals surface area contributed by atoms with Crippen LogP contribution in [0, 0.1) is 0 Å². The van der Waals surface area contributed by atoms with Gasteiger partial charge in [0.25, 0.3) is 0 Å². The van der Waals surface area contributed by atoms with E-state index < -0.39 is 0 Å². The topological polar surface area (TPSA) is 95.8 Å². The molecule has 0 radical (unpaired) electrons. The smallest absolute Gasteiger partial charge is 0.128 e. The summed E-state index contributed by atoms with van der Waals surface area (Å²) in [5.41, 5.74) is 9.83. The number of ether oxygens (including phenoxy) is 6. The Kier molecular flexibility index (Phi) is 18.1. The first kappa shape index (κ1) is 65.2. The van der Waals surface area contributed by atoms with Crippen LogP contribution in [0.15, 0.2) is 330 Å². The van der Waals surface area contributed by atoms with E-state index in [1.54, 1.807) is 0 Å². The maximum Gasteiger partial charge on any atom is 0.128 e. The summed E-state index contributed by atoms with van der Waals surface area (Å²) in [4.78, 5) is 10.1. The fraction of sp³-hybridized carbons (Fsp3) is 0.0870. The van der Waals surface area contributed by atoms with Crippen molar-refractivity contribution in [1.82, 2.24) is 0 Å². The number of hydrogen-bond acceptors (Lipinski definition) is 12. The SMILES string of the molecule is OCCOc1ccc2ccccc2c1-c1c(OCCOc2ccc3cc(-c4ccc5c(c4)Sc4ccccc4S5)ccc3c2-c2c(OCCOc3ccc4ccccc4c3-c3c(OCCO)ccc4ccccc34)ccc3cc(-c4ccc5c(c4)Sc4ccccc4S5)ccc23)ccc2ccccc12. The predicted molar refractivity (Wildman–Crippen MR) is 428 cm³/mol. The van der Waals surface area contributed by atoms with Crippen molar-refractivity contribution in [3.8, 4) is 90.1 Å². The monoisotopic (exact) mass is 1430 g/mol. The molecule has 12 heteroatoms. The third-order valence-corrected chi connectivity index (χ3v) is 24.4. The van der Waals surface area contributed by atoms with Gasteiger partial charge in [0.1, 0.15) is 74.1 Å². The van der Waals surface area contributed by atoms with Gasteiger partial charge in [0, 0.05) is 72.5 Å². The highest BCUT2D eigenvalue weighted by molar-refractivity contribution is 8.05. The number of rotatable bonds is 21. The minimum atomic E-state index is -0.125. The van der Waals surface area contributed by atoms with E-state index in [1.165, 1.54) is 39.2 Å². The Hall–Kier alpha value is -10.8. The second-order valence-electron chi connectivity index (χ2n) is 25.6. The number of benzene rings is 16. The largest absolute Gasteiger partial charge is 0.491 e. The Morgan fingerprint density at radius 2 is 0.423 bits per heavy atom. The number of aliphatic hydroxyl groups is 2. The Bertz CT molecular complexity index is 5670. The predicted octanol–water partition coefficient (Wildman–Crippen LogP) is 23.8. The van der Waals surface area contributed by atoms with E-state index >= 15 is 0 Å². The summed E-state index contributed by atoms with van der Waals surface area (Å²) < 4.78 is 41.2. The van der Waals surface area contributed by atoms with Crippen LogP contribution in [0.5, 0.6) is 34.5 Å². The minimum Gasteiger partial charge on any atom is -0.491 e. The molecule has 104 heavy (non-hydrogen) atoms. The van der Waals surface area contributed by atoms with Crippen LogP contribution in [0.4, 0.5) is 0 Å². The van der Waals surface area contributed by atoms with Gasteiger partial charge in [-0.2, -0.15) is 0 Å². The standard InChI is InChI=1S/C92H66O8S4/c93-45-47-95-73-37-27-57-13-1-5-17-67(57)87(73)89-69-19-7-3-15-59(69)29-39-75(89)97-49-51-99-77-41-31-65-53-61(63-33-43-83-85(55-63)103-81-23-11-9-21-79(81)101-83)25-35-71(65)91(77)92-72-36-26-62(64-34-44-84-86(56-64)104-82-24-12-10-22-80(82)102-84)54-66(72)32-42-78(92)100-52-50-98-76-40-30-60-16-4-8-20-70(60)90(76)88-68-18-6-2-14-58(68)28-38-74(88)96-48-46-94/h1-44,53-56,93-94H,45-52H2. The van der Waals surface area contributed by atoms with Crippen LogP contribution in [-0.2, 0) is 0 Å². The van der Waals surface area contributed by atoms with Crippen LogP contribution >= 0.6 is 47.0 Å². The van der Waals surface area contributed by atoms with Gasteiger partial charge in [0.05, 0.1) is 13.2 Å². The van der Waals surface area contributed by atoms with Crippen molar-refractivity contribution in [2.24, 2.45) is 0 Å². The van der Waals surface area contributed by atoms with Crippen LogP contribution in [0.2, 0.25) is 0 Å². The molecule has 0 aromatic heterocycles. The Morgan fingerprint density at radius 3 is 0.731 bits per heavy atom. The van der Waals surface area contributed by atoms with E-state index in [9.17, 15) is 10.2 Å². The molecule has 8 nitrogen and oxygen atoms in total. The first-order valence-corrected chi connectivity index (χ1v) is 38.1. The highest BCUT2D eigenvalue weighted by Gasteiger charge is 2.26. The lowest BCUT2D eigenvalue weighted by Gasteiger charge is -2.22. The molecule has 16 aromatic carbocycles. The molecule has 506 valence electrons. The Labute approximate surface area is 619 Å². The molecule has 18 rings (SSSR count). The summed E-state index contributed by atoms with van der Waals surface area (Å²) in [6.45, 7) is 0.812. The third-order valence-electron chi connectivity index (χ3n) is 19.3. The van der Waals surface area contributed by atoms with Crippen molar-refractivity contribution in [1.29, 1.82) is 0 Å². The lowest BCUT2D eigenvalue weighted by atomic mass is 9.90. The van der Waals surface area contributed by atoms with Gasteiger partial charge in [-0.1, -0.05) is 241 Å². The molecule has 2 N–H and O–H groups in total. The van der Waals surface area contributed by atoms with Crippen molar-refractivity contribution in [3.63, 3.8) is 0 Å². The molecule has 0 amide bonds. The average molecular weight is 1430 g/mol. The minimum absolute atomic E-state index is 0.125. The van der Waals surface area contributed by atoms with E-state index in [2.05, 4.69) is 243 Å². The van der Waals surface area contributed by atoms with Gasteiger partial charge in [0.15, 0.2) is 0 Å². The van der Waals surface area contributed by atoms with Crippen molar-refractivity contribution >= 4 is 112 Å². The van der Waals surface area contributed by atoms with Crippen LogP contribution in [-0.4, -0.2) is 63.1 Å². The van der Waals surface area contributed by atoms with Gasteiger partial charge in [0.2, 0.25) is 0 Å². The molecule has 2 aliphatic rings. The lowest BCUT2D eigenvalue weighted by molar-refractivity contribution is 0.202. The van der Waals surface area contributed by atoms with Crippen LogP contribution < -0.4 is 28.4 Å². The zero-order valence-corrected chi connectivity index (χ0v) is 59.6. The van der Waals surface area contributed by atoms with Crippen LogP contribution in [0.1, 0.15) is 0 Å². The van der Waals surface area contributed by atoms with Gasteiger partial charge in [-0.05, 0) is 184 Å². The second-order valence-corrected chi connectivity index (χ2v) is 29.9. The average Bonchev–Trinajstić information content (AvgIpc) is 0.757. The number of aliphatic hydroxyl groups excluding tert-OH is 2. The second kappa shape index (κ2) is 28.8. The van der Waals surface area contributed by atoms with Crippen molar-refractivity contribution in [2.45, 2.75) is 39.2 Å². The zero-order chi connectivity index (χ0) is 69.5. The first-order valence-electron chi connectivity index (χ1n) is 34.9. The maximum absolute atomic E-state index is 10.0. The lowest BCUT2D eigenvalue weighted by Crippen LogP contribution is -2.12. The van der Waals surface area contributed by atoms with Crippen molar-refractivity contribution in [2.75, 3.05) is 52.9 Å². The molecule has 2 aliphatic heterocycles. The van der Waals surface area contributed by atoms with Crippen LogP contribution in [0.25, 0.3) is 120 Å². The van der Waals surface area contributed by atoms with Crippen molar-refractivity contribution in [3.05, 3.63) is 291 Å². The summed E-state index contributed by atoms with van der Waals surface area (Å²) in [5.74, 6) is 4.01. The molecule has 0 saturated carbocycles. The summed E-state index contributed by atoms with van der Waals surface area (Å²) >= 11 is 7.30. The molecule has 2 heterocycles. The summed E-state index contributed by atoms with van der Waals surface area (Å²) in [6.07, 6.45) is 0. The van der Waals surface area contributed by atoms with Gasteiger partial charge in [-0.3, -0.25) is 0 Å². The molecule has 0 aliphatic carbocycles. The maximum atomic E-state index is 10.0. The Balaban J connectivity index is 0.749. The molecule has 0 unspecified atom stereocenters. The summed E-state index contributed by atoms with van der Waals surface area (Å²) in [5, 5.41) is 32.4. The normalized spacial score (nSPS) is 12.3. The van der Waals surface area contributed by atoms with Gasteiger partial charge >= 0.3 is 0 Å². The van der Waals surface area contributed by atoms with Gasteiger partial charge in [-0.15, -0.1) is 0 Å². The third kappa shape index (κ3) is 12.5. The quantitative estimate of drug-likeness (QED) is 0.0671. The van der Waals surface area contributed by atoms with E-state index in [0.29, 0.717) is 34.5 Å². The molecule has 16 aromatic rings. The highest BCUT2D eigenvalue weighted by Crippen LogP contribution is 2.54. The van der Waals surface area contributed by atoms with E-state index in [1.807, 2.05) is 95.6 Å². The Morgan fingerprint density at radius 1 is 0.192 bits per heavy atom. The molecule has 0 fully saturated rings. The number of fused-ring (bicyclic) bond motifs is 10.